The Morgan fingerprint density at radius 2 is 1.24 bits per heavy atom. The molecule has 0 aliphatic heterocycles. The normalized spacial score (nSPS) is 11.7. The fourth-order valence-electron chi connectivity index (χ4n) is 4.22. The van der Waals surface area contributed by atoms with Crippen LogP contribution in [0.1, 0.15) is 40.0 Å². The summed E-state index contributed by atoms with van der Waals surface area (Å²) >= 11 is 0.858. The monoisotopic (exact) mass is 739 g/mol. The summed E-state index contributed by atoms with van der Waals surface area (Å²) in [6, 6.07) is 11.9. The lowest BCUT2D eigenvalue weighted by atomic mass is 10.2. The van der Waals surface area contributed by atoms with Gasteiger partial charge in [-0.1, -0.05) is 0 Å². The quantitative estimate of drug-likeness (QED) is 0.0429. The van der Waals surface area contributed by atoms with Crippen LogP contribution in [0.2, 0.25) is 0 Å². The van der Waals surface area contributed by atoms with Crippen LogP contribution in [0, 0.1) is 0 Å². The minimum absolute atomic E-state index is 0.113. The van der Waals surface area contributed by atoms with E-state index < -0.39 is 47.2 Å². The van der Waals surface area contributed by atoms with E-state index in [0.29, 0.717) is 29.3 Å². The van der Waals surface area contributed by atoms with Crippen LogP contribution in [-0.2, 0) is 14.6 Å². The maximum atomic E-state index is 12.7. The molecule has 0 saturated carbocycles. The van der Waals surface area contributed by atoms with Crippen LogP contribution in [0.5, 0.6) is 34.5 Å². The summed E-state index contributed by atoms with van der Waals surface area (Å²) in [4.78, 5) is 42.8. The minimum Gasteiger partial charge on any atom is -0.504 e. The van der Waals surface area contributed by atoms with Crippen molar-refractivity contribution < 1.29 is 62.3 Å². The molecule has 0 fully saturated rings. The summed E-state index contributed by atoms with van der Waals surface area (Å²) in [5.41, 5.74) is 0.324. The molecule has 0 aliphatic rings. The number of phenolic OH excluding ortho intramolecular Hbond substituents is 4. The van der Waals surface area contributed by atoms with Gasteiger partial charge in [-0.25, -0.2) is 8.42 Å². The molecule has 0 saturated heterocycles. The van der Waals surface area contributed by atoms with E-state index in [-0.39, 0.29) is 64.6 Å². The smallest absolute Gasteiger partial charge is 0.340 e. The Hall–Kier alpha value is -4.58. The Morgan fingerprint density at radius 1 is 0.714 bits per heavy atom. The van der Waals surface area contributed by atoms with Gasteiger partial charge in [0.15, 0.2) is 34.5 Å². The highest BCUT2D eigenvalue weighted by Gasteiger charge is 2.23. The number of ether oxygens (including phenoxy) is 2. The highest BCUT2D eigenvalue weighted by atomic mass is 32.2. The van der Waals surface area contributed by atoms with E-state index in [4.69, 9.17) is 19.3 Å². The van der Waals surface area contributed by atoms with Crippen molar-refractivity contribution in [3.8, 4) is 34.5 Å². The number of phenols is 4. The third-order valence-electron chi connectivity index (χ3n) is 6.74. The molecule has 19 heteroatoms. The molecule has 0 radical (unpaired) electrons. The van der Waals surface area contributed by atoms with Crippen molar-refractivity contribution in [1.29, 1.82) is 0 Å². The Labute approximate surface area is 284 Å². The van der Waals surface area contributed by atoms with E-state index in [0.717, 1.165) is 23.5 Å². The van der Waals surface area contributed by atoms with Crippen LogP contribution in [0.3, 0.4) is 0 Å². The molecule has 0 unspecified atom stereocenters. The molecule has 9 N–H and O–H groups in total. The van der Waals surface area contributed by atoms with Gasteiger partial charge in [0.25, 0.3) is 21.8 Å². The molecule has 4 aromatic rings. The minimum atomic E-state index is -4.64. The van der Waals surface area contributed by atoms with Gasteiger partial charge in [-0.05, 0) is 73.2 Å². The molecule has 1 heterocycles. The maximum Gasteiger partial charge on any atom is 0.340 e. The number of carbonyl (C=O) groups excluding carboxylic acids is 2. The van der Waals surface area contributed by atoms with Crippen molar-refractivity contribution in [2.24, 2.45) is 0 Å². The number of hydrogen-bond donors (Lipinski definition) is 9. The van der Waals surface area contributed by atoms with Crippen LogP contribution in [-0.4, -0.2) is 83.0 Å². The van der Waals surface area contributed by atoms with E-state index in [1.165, 1.54) is 30.3 Å². The number of amides is 2. The number of benzene rings is 3. The summed E-state index contributed by atoms with van der Waals surface area (Å²) in [6.45, 7) is 0.782. The number of nitrogens with one attached hydrogen (secondary N) is 3. The van der Waals surface area contributed by atoms with Gasteiger partial charge in [-0.2, -0.15) is 4.72 Å². The second-order valence-electron chi connectivity index (χ2n) is 10.5. The van der Waals surface area contributed by atoms with Crippen molar-refractivity contribution in [1.82, 2.24) is 15.4 Å². The van der Waals surface area contributed by atoms with E-state index in [2.05, 4.69) is 10.6 Å². The molecule has 4 rings (SSSR count). The highest BCUT2D eigenvalue weighted by Crippen LogP contribution is 2.39. The van der Waals surface area contributed by atoms with Gasteiger partial charge in [0, 0.05) is 35.0 Å². The number of hydrogen-bond acceptors (Lipinski definition) is 12. The molecule has 0 spiro atoms. The van der Waals surface area contributed by atoms with Crippen molar-refractivity contribution in [3.05, 3.63) is 65.7 Å². The predicted octanol–water partition coefficient (Wildman–Crippen LogP) is 2.93. The molecular formula is C30H34N3O13PS2. The third-order valence-corrected chi connectivity index (χ3v) is 10.5. The Kier molecular flexibility index (Phi) is 12.3. The molecule has 2 amide bonds. The van der Waals surface area contributed by atoms with Crippen LogP contribution in [0.4, 0.5) is 0 Å². The maximum absolute atomic E-state index is 12.7. The van der Waals surface area contributed by atoms with E-state index in [1.807, 2.05) is 4.72 Å². The first-order valence-electron chi connectivity index (χ1n) is 14.6. The van der Waals surface area contributed by atoms with Gasteiger partial charge in [0.2, 0.25) is 0 Å². The summed E-state index contributed by atoms with van der Waals surface area (Å²) in [5.74, 6) is -1.89. The number of fused-ring (bicyclic) bond motifs is 1. The van der Waals surface area contributed by atoms with Gasteiger partial charge < -0.3 is 50.3 Å². The first-order valence-corrected chi connectivity index (χ1v) is 18.7. The van der Waals surface area contributed by atoms with Gasteiger partial charge in [-0.3, -0.25) is 14.2 Å². The molecule has 3 aromatic carbocycles. The molecule has 0 aliphatic carbocycles. The summed E-state index contributed by atoms with van der Waals surface area (Å²) in [7, 11) is -8.88. The Bertz CT molecular complexity index is 1980. The van der Waals surface area contributed by atoms with Crippen LogP contribution >= 0.6 is 18.9 Å². The molecule has 0 bridgehead atoms. The highest BCUT2D eigenvalue weighted by molar-refractivity contribution is 7.92. The van der Waals surface area contributed by atoms with Crippen LogP contribution in [0.25, 0.3) is 10.1 Å². The number of aromatic hydroxyl groups is 4. The molecule has 1 aromatic heterocycles. The summed E-state index contributed by atoms with van der Waals surface area (Å²) < 4.78 is 50.6. The lowest BCUT2D eigenvalue weighted by molar-refractivity contribution is 0.0943. The first kappa shape index (κ1) is 37.2. The summed E-state index contributed by atoms with van der Waals surface area (Å²) in [6.07, 6.45) is 0.294. The zero-order valence-electron chi connectivity index (χ0n) is 25.7. The number of unbranched alkanes of at least 4 members (excludes halogenated alkanes) is 1. The van der Waals surface area contributed by atoms with E-state index in [9.17, 15) is 43.0 Å². The number of thiophene rings is 1. The van der Waals surface area contributed by atoms with Crippen molar-refractivity contribution in [2.75, 3.05) is 32.6 Å². The van der Waals surface area contributed by atoms with Crippen molar-refractivity contribution in [3.63, 3.8) is 0 Å². The van der Waals surface area contributed by atoms with Gasteiger partial charge in [-0.15, -0.1) is 11.3 Å². The first-order chi connectivity index (χ1) is 23.1. The third kappa shape index (κ3) is 10.7. The predicted molar refractivity (Wildman–Crippen MR) is 178 cm³/mol. The standard InChI is InChI=1S/C30H34N3O13PS2/c34-21-6-4-18(12-23(21)36)29(38)31-8-1-2-10-45-25-14-20-15-28(49(43,44)33-17-47(40,41)42)48-27(20)16-26(25)46-11-3-9-32-30(39)19-5-7-22(35)24(37)13-19/h4-7,12-16,33-37H,1-3,8-11,17H2,(H,31,38)(H,32,39)(H2,40,41,42). The van der Waals surface area contributed by atoms with Gasteiger partial charge in [0.1, 0.15) is 10.5 Å². The fourth-order valence-corrected chi connectivity index (χ4v) is 7.69. The second kappa shape index (κ2) is 16.2. The average Bonchev–Trinajstić information content (AvgIpc) is 3.47. The zero-order valence-corrected chi connectivity index (χ0v) is 28.2. The lowest BCUT2D eigenvalue weighted by Gasteiger charge is -2.14. The van der Waals surface area contributed by atoms with E-state index >= 15 is 0 Å². The fraction of sp³-hybridized carbons (Fsp3) is 0.267. The molecule has 16 nitrogen and oxygen atoms in total. The average molecular weight is 740 g/mol. The Morgan fingerprint density at radius 3 is 1.80 bits per heavy atom. The lowest BCUT2D eigenvalue weighted by Crippen LogP contribution is -2.25. The summed E-state index contributed by atoms with van der Waals surface area (Å²) in [5, 5.41) is 43.9. The van der Waals surface area contributed by atoms with Crippen molar-refractivity contribution >= 4 is 50.9 Å². The Balaban J connectivity index is 1.37. The number of sulfonamides is 1. The van der Waals surface area contributed by atoms with Gasteiger partial charge in [0.05, 0.1) is 13.2 Å². The molecule has 264 valence electrons. The SMILES string of the molecule is O=C(NCCCCOc1cc2cc(S(=O)(=O)NCP(=O)(O)O)sc2cc1OCCCNC(=O)c1ccc(O)c(O)c1)c1ccc(O)c(O)c1. The molecular weight excluding hydrogens is 705 g/mol. The molecule has 0 atom stereocenters. The van der Waals surface area contributed by atoms with Crippen LogP contribution in [0.15, 0.2) is 58.8 Å². The molecule has 49 heavy (non-hydrogen) atoms. The van der Waals surface area contributed by atoms with Crippen molar-refractivity contribution in [2.45, 2.75) is 23.5 Å². The van der Waals surface area contributed by atoms with E-state index in [1.54, 1.807) is 12.1 Å². The van der Waals surface area contributed by atoms with Crippen LogP contribution < -0.4 is 24.8 Å². The number of carbonyl (C=O) groups is 2. The topological polar surface area (TPSA) is 261 Å². The largest absolute Gasteiger partial charge is 0.504 e. The number of rotatable bonds is 17. The van der Waals surface area contributed by atoms with Gasteiger partial charge >= 0.3 is 7.60 Å². The zero-order chi connectivity index (χ0) is 35.8. The second-order valence-corrected chi connectivity index (χ2v) is 15.3.